The van der Waals surface area contributed by atoms with E-state index in [4.69, 9.17) is 0 Å². The molecule has 168 valence electrons. The summed E-state index contributed by atoms with van der Waals surface area (Å²) in [6.45, 7) is 6.15. The first-order valence-electron chi connectivity index (χ1n) is 11.1. The third-order valence-corrected chi connectivity index (χ3v) is 5.74. The summed E-state index contributed by atoms with van der Waals surface area (Å²) in [6.07, 6.45) is 8.76. The second-order valence-corrected chi connectivity index (χ2v) is 9.89. The van der Waals surface area contributed by atoms with Gasteiger partial charge in [-0.2, -0.15) is 11.3 Å². The highest BCUT2D eigenvalue weighted by Gasteiger charge is 2.16. The lowest BCUT2D eigenvalue weighted by Crippen LogP contribution is -2.15. The van der Waals surface area contributed by atoms with Gasteiger partial charge in [-0.3, -0.25) is 4.79 Å². The van der Waals surface area contributed by atoms with Crippen molar-refractivity contribution in [3.8, 4) is 23.0 Å². The summed E-state index contributed by atoms with van der Waals surface area (Å²) in [7, 11) is 0. The van der Waals surface area contributed by atoms with Crippen molar-refractivity contribution in [2.24, 2.45) is 11.3 Å². The predicted molar refractivity (Wildman–Crippen MR) is 141 cm³/mol. The number of hydrogen-bond donors (Lipinski definition) is 1. The summed E-state index contributed by atoms with van der Waals surface area (Å²) in [6, 6.07) is 18.7. The second kappa shape index (κ2) is 11.5. The molecule has 0 aliphatic heterocycles. The first kappa shape index (κ1) is 24.3. The van der Waals surface area contributed by atoms with Gasteiger partial charge in [0.25, 0.3) is 0 Å². The quantitative estimate of drug-likeness (QED) is 0.278. The monoisotopic (exact) mass is 454 g/mol. The third kappa shape index (κ3) is 8.25. The number of hydrogen-bond acceptors (Lipinski definition) is 2. The van der Waals surface area contributed by atoms with E-state index in [1.54, 1.807) is 17.4 Å². The van der Waals surface area contributed by atoms with E-state index in [1.165, 1.54) is 11.1 Å². The average Bonchev–Trinajstić information content (AvgIpc) is 3.31. The van der Waals surface area contributed by atoms with Crippen LogP contribution in [-0.4, -0.2) is 11.1 Å². The summed E-state index contributed by atoms with van der Waals surface area (Å²) in [4.78, 5) is 11.8. The molecular weight excluding hydrogens is 424 g/mol. The van der Waals surface area contributed by atoms with Crippen LogP contribution >= 0.6 is 11.3 Å². The van der Waals surface area contributed by atoms with Crippen LogP contribution in [0.4, 0.5) is 0 Å². The molecule has 1 atom stereocenters. The van der Waals surface area contributed by atoms with Crippen molar-refractivity contribution < 1.29 is 9.90 Å². The Kier molecular flexibility index (Phi) is 8.46. The van der Waals surface area contributed by atoms with Crippen molar-refractivity contribution in [2.45, 2.75) is 33.6 Å². The molecule has 3 heteroatoms. The lowest BCUT2D eigenvalue weighted by atomic mass is 9.94. The topological polar surface area (TPSA) is 37.3 Å². The zero-order chi connectivity index (χ0) is 23.7. The van der Waals surface area contributed by atoms with Gasteiger partial charge in [-0.1, -0.05) is 72.5 Å². The van der Waals surface area contributed by atoms with E-state index in [1.807, 2.05) is 24.3 Å². The van der Waals surface area contributed by atoms with Gasteiger partial charge in [-0.05, 0) is 90.4 Å². The second-order valence-electron chi connectivity index (χ2n) is 9.11. The zero-order valence-corrected chi connectivity index (χ0v) is 20.2. The first-order chi connectivity index (χ1) is 15.8. The standard InChI is InChI=1S/C30H30O2S/c1-30(2,3)17-6-4-5-12-27(29(31)32)21-25-11-7-9-23(19-25)14-15-24-10-8-13-26(20-24)28-16-18-33-22-28/h4-5,7-11,13-16,18-20,22,27H,12,21H2,1-3H3,(H,31,32)/b5-4+,15-14+. The summed E-state index contributed by atoms with van der Waals surface area (Å²) in [5.41, 5.74) is 5.59. The van der Waals surface area contributed by atoms with E-state index in [2.05, 4.69) is 91.9 Å². The van der Waals surface area contributed by atoms with Crippen molar-refractivity contribution in [3.63, 3.8) is 0 Å². The van der Waals surface area contributed by atoms with Gasteiger partial charge >= 0.3 is 5.97 Å². The smallest absolute Gasteiger partial charge is 0.307 e. The van der Waals surface area contributed by atoms with Gasteiger partial charge < -0.3 is 5.11 Å². The van der Waals surface area contributed by atoms with Gasteiger partial charge in [0.2, 0.25) is 0 Å². The maximum absolute atomic E-state index is 11.8. The molecule has 1 heterocycles. The SMILES string of the molecule is CC(C)(C)C#C/C=C/CC(Cc1cccc(/C=C/c2cccc(-c3ccsc3)c2)c1)C(=O)O. The number of aliphatic carboxylic acids is 1. The molecule has 0 saturated heterocycles. The highest BCUT2D eigenvalue weighted by molar-refractivity contribution is 7.08. The maximum Gasteiger partial charge on any atom is 0.307 e. The van der Waals surface area contributed by atoms with E-state index >= 15 is 0 Å². The molecular formula is C30H30O2S. The molecule has 0 aliphatic rings. The van der Waals surface area contributed by atoms with Crippen molar-refractivity contribution in [1.29, 1.82) is 0 Å². The number of benzene rings is 2. The molecule has 2 nitrogen and oxygen atoms in total. The minimum absolute atomic E-state index is 0.0598. The van der Waals surface area contributed by atoms with E-state index < -0.39 is 11.9 Å². The Hall–Kier alpha value is -3.35. The van der Waals surface area contributed by atoms with Crippen LogP contribution in [0.2, 0.25) is 0 Å². The van der Waals surface area contributed by atoms with Gasteiger partial charge in [-0.15, -0.1) is 0 Å². The van der Waals surface area contributed by atoms with Gasteiger partial charge in [0.1, 0.15) is 0 Å². The fourth-order valence-corrected chi connectivity index (χ4v) is 4.04. The number of carbonyl (C=O) groups is 1. The summed E-state index contributed by atoms with van der Waals surface area (Å²) < 4.78 is 0. The largest absolute Gasteiger partial charge is 0.481 e. The predicted octanol–water partition coefficient (Wildman–Crippen LogP) is 7.82. The lowest BCUT2D eigenvalue weighted by molar-refractivity contribution is -0.141. The molecule has 0 aliphatic carbocycles. The summed E-state index contributed by atoms with van der Waals surface area (Å²) in [5.74, 6) is 4.88. The minimum Gasteiger partial charge on any atom is -0.481 e. The van der Waals surface area contributed by atoms with Crippen LogP contribution in [-0.2, 0) is 11.2 Å². The van der Waals surface area contributed by atoms with Gasteiger partial charge in [-0.25, -0.2) is 0 Å². The fraction of sp³-hybridized carbons (Fsp3) is 0.233. The molecule has 3 aromatic rings. The molecule has 33 heavy (non-hydrogen) atoms. The Morgan fingerprint density at radius 1 is 1.03 bits per heavy atom. The van der Waals surface area contributed by atoms with Crippen LogP contribution in [0.5, 0.6) is 0 Å². The Morgan fingerprint density at radius 2 is 1.76 bits per heavy atom. The van der Waals surface area contributed by atoms with Crippen LogP contribution in [0.25, 0.3) is 23.3 Å². The van der Waals surface area contributed by atoms with Crippen molar-refractivity contribution in [3.05, 3.63) is 94.2 Å². The van der Waals surface area contributed by atoms with Crippen molar-refractivity contribution in [2.75, 3.05) is 0 Å². The van der Waals surface area contributed by atoms with Crippen molar-refractivity contribution >= 4 is 29.5 Å². The van der Waals surface area contributed by atoms with E-state index in [-0.39, 0.29) is 5.41 Å². The van der Waals surface area contributed by atoms with Crippen LogP contribution in [0.15, 0.2) is 77.5 Å². The molecule has 0 spiro atoms. The molecule has 0 fully saturated rings. The highest BCUT2D eigenvalue weighted by Crippen LogP contribution is 2.24. The normalized spacial score (nSPS) is 12.6. The van der Waals surface area contributed by atoms with Crippen LogP contribution in [0.3, 0.4) is 0 Å². The van der Waals surface area contributed by atoms with Crippen LogP contribution in [0, 0.1) is 23.2 Å². The minimum atomic E-state index is -0.783. The molecule has 0 radical (unpaired) electrons. The fourth-order valence-electron chi connectivity index (χ4n) is 3.37. The molecule has 1 aromatic heterocycles. The maximum atomic E-state index is 11.8. The number of allylic oxidation sites excluding steroid dienone is 2. The van der Waals surface area contributed by atoms with E-state index in [0.29, 0.717) is 12.8 Å². The highest BCUT2D eigenvalue weighted by atomic mass is 32.1. The van der Waals surface area contributed by atoms with E-state index in [0.717, 1.165) is 16.7 Å². The molecule has 3 rings (SSSR count). The van der Waals surface area contributed by atoms with E-state index in [9.17, 15) is 9.90 Å². The third-order valence-electron chi connectivity index (χ3n) is 5.06. The number of carboxylic acid groups (broad SMARTS) is 1. The summed E-state index contributed by atoms with van der Waals surface area (Å²) in [5, 5.41) is 13.9. The average molecular weight is 455 g/mol. The Labute approximate surface area is 201 Å². The van der Waals surface area contributed by atoms with Gasteiger partial charge in [0, 0.05) is 5.41 Å². The first-order valence-corrected chi connectivity index (χ1v) is 12.0. The number of rotatable bonds is 8. The number of carboxylic acids is 1. The van der Waals surface area contributed by atoms with Crippen LogP contribution in [0.1, 0.15) is 43.9 Å². The van der Waals surface area contributed by atoms with Crippen molar-refractivity contribution in [1.82, 2.24) is 0 Å². The van der Waals surface area contributed by atoms with Gasteiger partial charge in [0.15, 0.2) is 0 Å². The Balaban J connectivity index is 1.67. The molecule has 0 bridgehead atoms. The molecule has 2 aromatic carbocycles. The zero-order valence-electron chi connectivity index (χ0n) is 19.4. The lowest BCUT2D eigenvalue weighted by Gasteiger charge is -2.10. The van der Waals surface area contributed by atoms with Crippen LogP contribution < -0.4 is 0 Å². The molecule has 0 saturated carbocycles. The molecule has 1 unspecified atom stereocenters. The van der Waals surface area contributed by atoms with Gasteiger partial charge in [0.05, 0.1) is 5.92 Å². The molecule has 1 N–H and O–H groups in total. The Morgan fingerprint density at radius 3 is 2.42 bits per heavy atom. The Bertz CT molecular complexity index is 1180. The molecule has 0 amide bonds. The number of thiophene rings is 1. The summed E-state index contributed by atoms with van der Waals surface area (Å²) >= 11 is 1.70.